The molecular weight excluding hydrogens is 798 g/mol. The summed E-state index contributed by atoms with van der Waals surface area (Å²) in [7, 11) is -5.21. The number of hydrogen-bond acceptors (Lipinski definition) is 17. The van der Waals surface area contributed by atoms with Crippen molar-refractivity contribution in [1.82, 2.24) is 29.1 Å². The molecule has 0 saturated carbocycles. The maximum Gasteiger partial charge on any atom is 0.472 e. The lowest BCUT2D eigenvalue weighted by Gasteiger charge is -2.29. The first-order valence-corrected chi connectivity index (χ1v) is 20.2. The monoisotopic (exact) mass is 823 g/mol. The number of aromatic amines is 1. The molecule has 20 nitrogen and oxygen atoms in total. The summed E-state index contributed by atoms with van der Waals surface area (Å²) in [6, 6.07) is 6.73. The molecule has 6 heterocycles. The predicted octanol–water partition coefficient (Wildman–Crippen LogP) is 3.13. The highest BCUT2D eigenvalue weighted by atomic mass is 35.5. The minimum absolute atomic E-state index is 0.0158. The predicted molar refractivity (Wildman–Crippen MR) is 177 cm³/mol. The van der Waals surface area contributed by atoms with Gasteiger partial charge in [0, 0.05) is 29.6 Å². The van der Waals surface area contributed by atoms with Gasteiger partial charge in [0.05, 0.1) is 19.5 Å². The molecule has 3 fully saturated rings. The number of benzene rings is 1. The van der Waals surface area contributed by atoms with E-state index in [0.717, 1.165) is 29.5 Å². The first-order valence-electron chi connectivity index (χ1n) is 15.2. The third-order valence-electron chi connectivity index (χ3n) is 8.14. The molecule has 3 aliphatic rings. The van der Waals surface area contributed by atoms with Gasteiger partial charge in [0.25, 0.3) is 5.56 Å². The molecule has 4 N–H and O–H groups in total. The molecule has 26 heteroatoms. The van der Waals surface area contributed by atoms with Gasteiger partial charge < -0.3 is 24.8 Å². The molecular formula is C27H26ClF2N7O13P2S. The average Bonchev–Trinajstić information content (AvgIpc) is 3.76. The van der Waals surface area contributed by atoms with Crippen molar-refractivity contribution < 1.29 is 59.9 Å². The maximum atomic E-state index is 16.2. The molecule has 0 aliphatic carbocycles. The van der Waals surface area contributed by atoms with Crippen molar-refractivity contribution in [3.63, 3.8) is 0 Å². The van der Waals surface area contributed by atoms with Gasteiger partial charge in [-0.2, -0.15) is 0 Å². The van der Waals surface area contributed by atoms with Crippen LogP contribution in [0, 0.1) is 0 Å². The van der Waals surface area contributed by atoms with Crippen LogP contribution in [0.15, 0.2) is 58.8 Å². The largest absolute Gasteiger partial charge is 0.472 e. The van der Waals surface area contributed by atoms with Crippen LogP contribution < -0.4 is 21.7 Å². The molecule has 3 aliphatic heterocycles. The maximum absolute atomic E-state index is 16.2. The lowest BCUT2D eigenvalue weighted by molar-refractivity contribution is -0.0619. The molecule has 284 valence electrons. The number of hydrogen-bond donors (Lipinski definition) is 3. The number of phosphoric acid groups is 1. The number of carbonyl (C=O) groups is 1. The Labute approximate surface area is 303 Å². The summed E-state index contributed by atoms with van der Waals surface area (Å²) in [6.07, 6.45) is -11.7. The summed E-state index contributed by atoms with van der Waals surface area (Å²) in [5, 5.41) is 0. The number of imidazole rings is 1. The standard InChI is InChI=1S/C27H26ClF2N7O13P2S/c28-26(39)46-13-3-1-12(2-4-13)9-53-52(43)45-8-15-20(17(29)25(48-15)37-11-34-19-22(31)32-10-33-23(19)37)49-51(41,42)44-7-14-21(50-52)18(30)24(47-14)36-6-5-16(38)35-27(36)40/h1-6,10-11,14-15,17-18,20-21,24-25H,7-9H2,(H,41,42)(H2,31,32,33)(H,35,38,40)/t14-,15-,17-,18-,20-,21-,24-,25-,52?/m1/s1. The van der Waals surface area contributed by atoms with Crippen LogP contribution in [0.3, 0.4) is 0 Å². The molecule has 2 unspecified atom stereocenters. The molecule has 0 bridgehead atoms. The van der Waals surface area contributed by atoms with E-state index >= 15 is 8.78 Å². The highest BCUT2D eigenvalue weighted by molar-refractivity contribution is 8.54. The number of phosphoric ester groups is 1. The van der Waals surface area contributed by atoms with Crippen LogP contribution in [0.25, 0.3) is 11.2 Å². The number of H-pyrrole nitrogens is 1. The number of alkyl halides is 2. The molecule has 53 heavy (non-hydrogen) atoms. The second-order valence-electron chi connectivity index (χ2n) is 11.5. The van der Waals surface area contributed by atoms with Crippen molar-refractivity contribution in [3.8, 4) is 5.75 Å². The zero-order valence-electron chi connectivity index (χ0n) is 26.5. The van der Waals surface area contributed by atoms with E-state index in [1.807, 2.05) is 4.98 Å². The molecule has 4 aromatic rings. The smallest absolute Gasteiger partial charge is 0.415 e. The minimum Gasteiger partial charge on any atom is -0.415 e. The summed E-state index contributed by atoms with van der Waals surface area (Å²) in [6.45, 7) is -6.36. The normalized spacial score (nSPS) is 33.4. The Bertz CT molecular complexity index is 2240. The van der Waals surface area contributed by atoms with Gasteiger partial charge in [0.15, 0.2) is 36.3 Å². The molecule has 0 spiro atoms. The summed E-state index contributed by atoms with van der Waals surface area (Å²) >= 11 is 5.83. The zero-order valence-corrected chi connectivity index (χ0v) is 29.8. The highest BCUT2D eigenvalue weighted by Gasteiger charge is 2.55. The third kappa shape index (κ3) is 7.96. The molecule has 7 rings (SSSR count). The van der Waals surface area contributed by atoms with Crippen LogP contribution in [-0.2, 0) is 42.5 Å². The van der Waals surface area contributed by atoms with E-state index in [-0.39, 0.29) is 28.5 Å². The van der Waals surface area contributed by atoms with Crippen molar-refractivity contribution in [2.75, 3.05) is 18.9 Å². The van der Waals surface area contributed by atoms with E-state index in [1.165, 1.54) is 24.3 Å². The van der Waals surface area contributed by atoms with Gasteiger partial charge in [0.2, 0.25) is 0 Å². The number of ether oxygens (including phenoxy) is 3. The van der Waals surface area contributed by atoms with Crippen molar-refractivity contribution in [2.24, 2.45) is 0 Å². The van der Waals surface area contributed by atoms with Crippen molar-refractivity contribution in [1.29, 1.82) is 0 Å². The van der Waals surface area contributed by atoms with Gasteiger partial charge in [-0.1, -0.05) is 12.1 Å². The lowest BCUT2D eigenvalue weighted by atomic mass is 10.1. The molecule has 0 amide bonds. The Morgan fingerprint density at radius 2 is 1.66 bits per heavy atom. The van der Waals surface area contributed by atoms with Gasteiger partial charge >= 0.3 is 25.7 Å². The van der Waals surface area contributed by atoms with Crippen molar-refractivity contribution in [2.45, 2.75) is 55.0 Å². The van der Waals surface area contributed by atoms with Gasteiger partial charge in [-0.3, -0.25) is 37.0 Å². The first kappa shape index (κ1) is 37.7. The zero-order chi connectivity index (χ0) is 37.7. The number of nitrogens with zero attached hydrogens (tertiary/aromatic N) is 5. The summed E-state index contributed by atoms with van der Waals surface area (Å²) in [5.74, 6) is -0.0217. The van der Waals surface area contributed by atoms with E-state index in [0.29, 0.717) is 21.5 Å². The Hall–Kier alpha value is -3.60. The highest BCUT2D eigenvalue weighted by Crippen LogP contribution is 2.65. The number of halogens is 3. The molecule has 1 aromatic carbocycles. The Morgan fingerprint density at radius 3 is 2.34 bits per heavy atom. The van der Waals surface area contributed by atoms with Crippen LogP contribution >= 0.6 is 37.6 Å². The summed E-state index contributed by atoms with van der Waals surface area (Å²) in [4.78, 5) is 59.9. The van der Waals surface area contributed by atoms with Crippen LogP contribution in [0.2, 0.25) is 0 Å². The Kier molecular flexibility index (Phi) is 10.6. The number of anilines is 1. The van der Waals surface area contributed by atoms with E-state index in [2.05, 4.69) is 15.0 Å². The lowest BCUT2D eigenvalue weighted by Crippen LogP contribution is -2.38. The number of carbonyl (C=O) groups excluding carboxylic acids is 1. The fourth-order valence-electron chi connectivity index (χ4n) is 5.70. The molecule has 0 radical (unpaired) electrons. The Balaban J connectivity index is 1.20. The van der Waals surface area contributed by atoms with Crippen LogP contribution in [0.1, 0.15) is 18.0 Å². The molecule has 10 atom stereocenters. The van der Waals surface area contributed by atoms with Crippen LogP contribution in [0.4, 0.5) is 19.4 Å². The summed E-state index contributed by atoms with van der Waals surface area (Å²) < 4.78 is 100. The van der Waals surface area contributed by atoms with E-state index in [4.69, 9.17) is 49.6 Å². The number of nitrogens with one attached hydrogen (secondary N) is 1. The van der Waals surface area contributed by atoms with Crippen molar-refractivity contribution >= 4 is 60.0 Å². The minimum atomic E-state index is -5.21. The Morgan fingerprint density at radius 1 is 1.00 bits per heavy atom. The van der Waals surface area contributed by atoms with Crippen LogP contribution in [0.5, 0.6) is 5.75 Å². The quantitative estimate of drug-likeness (QED) is 0.186. The molecule has 3 aromatic heterocycles. The van der Waals surface area contributed by atoms with E-state index in [9.17, 15) is 28.4 Å². The number of nitrogens with two attached hydrogens (primary N) is 1. The van der Waals surface area contributed by atoms with E-state index in [1.54, 1.807) is 0 Å². The van der Waals surface area contributed by atoms with Crippen molar-refractivity contribution in [3.05, 3.63) is 75.6 Å². The van der Waals surface area contributed by atoms with Gasteiger partial charge in [-0.05, 0) is 29.1 Å². The summed E-state index contributed by atoms with van der Waals surface area (Å²) in [5.41, 5.74) is 3.59. The number of aromatic nitrogens is 6. The van der Waals surface area contributed by atoms with Gasteiger partial charge in [-0.25, -0.2) is 42.5 Å². The number of rotatable bonds is 6. The average molecular weight is 824 g/mol. The number of fused-ring (bicyclic) bond motifs is 3. The van der Waals surface area contributed by atoms with Crippen LogP contribution in [-0.4, -0.2) is 89.4 Å². The second kappa shape index (κ2) is 14.9. The fourth-order valence-corrected chi connectivity index (χ4v) is 10.1. The van der Waals surface area contributed by atoms with E-state index < -0.39 is 93.7 Å². The molecule has 3 saturated heterocycles. The SMILES string of the molecule is Nc1ncnc2c1ncn2[C@@H]1O[C@@H]2COP(=O)(SCc3ccc(OC(=O)Cl)cc3)O[C@H]3[C@@H](F)[C@H](n4ccc(=O)[nH]c4=O)O[C@@H]3COP(=O)(O)O[C@H]2[C@H]1F. The topological polar surface area (TPSA) is 261 Å². The first-order chi connectivity index (χ1) is 25.2. The number of nitrogen functional groups attached to an aromatic ring is 1. The third-order valence-corrected chi connectivity index (χ3v) is 12.9. The second-order valence-corrected chi connectivity index (χ2v) is 17.3. The van der Waals surface area contributed by atoms with Gasteiger partial charge in [-0.15, -0.1) is 0 Å². The fraction of sp³-hybridized carbons (Fsp3) is 0.407. The van der Waals surface area contributed by atoms with Gasteiger partial charge in [0.1, 0.15) is 42.0 Å².